The molecule has 1 aliphatic heterocycles. The van der Waals surface area contributed by atoms with Gasteiger partial charge in [-0.1, -0.05) is 5.11 Å². The number of amides is 1. The third-order valence-corrected chi connectivity index (χ3v) is 3.42. The molecular formula is C13H10F6N4O2. The zero-order valence-corrected chi connectivity index (χ0v) is 12.2. The van der Waals surface area contributed by atoms with Crippen LogP contribution in [0.25, 0.3) is 10.4 Å². The molecule has 1 N–H and O–H groups in total. The minimum Gasteiger partial charge on any atom is -0.379 e. The number of benzene rings is 1. The number of hydrogen-bond acceptors (Lipinski definition) is 3. The van der Waals surface area contributed by atoms with Crippen LogP contribution in [0.1, 0.15) is 21.5 Å². The van der Waals surface area contributed by atoms with E-state index in [0.29, 0.717) is 12.1 Å². The fraction of sp³-hybridized carbons (Fsp3) is 0.462. The van der Waals surface area contributed by atoms with Crippen LogP contribution in [-0.4, -0.2) is 31.2 Å². The van der Waals surface area contributed by atoms with Crippen LogP contribution in [0.3, 0.4) is 0 Å². The molecule has 12 heteroatoms. The fourth-order valence-corrected chi connectivity index (χ4v) is 2.20. The molecule has 0 spiro atoms. The third-order valence-electron chi connectivity index (χ3n) is 3.42. The number of hydrogen-bond donors (Lipinski definition) is 1. The van der Waals surface area contributed by atoms with Gasteiger partial charge in [-0.3, -0.25) is 4.79 Å². The number of nitrogens with one attached hydrogen (secondary N) is 1. The normalized spacial score (nSPS) is 20.9. The van der Waals surface area contributed by atoms with E-state index < -0.39 is 47.0 Å². The number of halogens is 6. The van der Waals surface area contributed by atoms with Crippen LogP contribution in [0, 0.1) is 0 Å². The molecule has 1 aliphatic rings. The molecule has 0 aliphatic carbocycles. The lowest BCUT2D eigenvalue weighted by Gasteiger charge is -2.17. The zero-order valence-electron chi connectivity index (χ0n) is 12.2. The predicted octanol–water partition coefficient (Wildman–Crippen LogP) is 3.53. The first-order valence-electron chi connectivity index (χ1n) is 6.74. The lowest BCUT2D eigenvalue weighted by Crippen LogP contribution is -2.41. The van der Waals surface area contributed by atoms with E-state index in [4.69, 9.17) is 10.3 Å². The number of carbonyl (C=O) groups is 1. The Morgan fingerprint density at radius 2 is 1.68 bits per heavy atom. The van der Waals surface area contributed by atoms with Crippen LogP contribution in [0.15, 0.2) is 23.3 Å². The summed E-state index contributed by atoms with van der Waals surface area (Å²) in [6, 6.07) is -1.08. The Bertz CT molecular complexity index is 679. The third kappa shape index (κ3) is 4.54. The molecule has 2 rings (SSSR count). The van der Waals surface area contributed by atoms with Crippen molar-refractivity contribution < 1.29 is 35.9 Å². The molecule has 1 saturated heterocycles. The highest BCUT2D eigenvalue weighted by molar-refractivity contribution is 5.95. The summed E-state index contributed by atoms with van der Waals surface area (Å²) >= 11 is 0. The van der Waals surface area contributed by atoms with Gasteiger partial charge in [-0.15, -0.1) is 0 Å². The van der Waals surface area contributed by atoms with E-state index in [1.54, 1.807) is 0 Å². The van der Waals surface area contributed by atoms with Crippen molar-refractivity contribution in [3.8, 4) is 0 Å². The van der Waals surface area contributed by atoms with Gasteiger partial charge in [-0.05, 0) is 23.7 Å². The van der Waals surface area contributed by atoms with Gasteiger partial charge in [0.25, 0.3) is 5.91 Å². The smallest absolute Gasteiger partial charge is 0.379 e. The molecule has 2 atom stereocenters. The lowest BCUT2D eigenvalue weighted by atomic mass is 10.0. The molecule has 1 fully saturated rings. The predicted molar refractivity (Wildman–Crippen MR) is 71.5 cm³/mol. The van der Waals surface area contributed by atoms with E-state index in [9.17, 15) is 31.1 Å². The lowest BCUT2D eigenvalue weighted by molar-refractivity contribution is -0.143. The molecule has 6 nitrogen and oxygen atoms in total. The number of nitrogens with zero attached hydrogens (tertiary/aromatic N) is 3. The summed E-state index contributed by atoms with van der Waals surface area (Å²) in [6.45, 7) is -0.105. The molecule has 136 valence electrons. The van der Waals surface area contributed by atoms with Crippen molar-refractivity contribution in [2.45, 2.75) is 24.4 Å². The molecule has 0 aromatic heterocycles. The van der Waals surface area contributed by atoms with Crippen LogP contribution >= 0.6 is 0 Å². The van der Waals surface area contributed by atoms with E-state index in [1.165, 1.54) is 0 Å². The summed E-state index contributed by atoms with van der Waals surface area (Å²) in [4.78, 5) is 14.6. The molecule has 0 saturated carbocycles. The van der Waals surface area contributed by atoms with Gasteiger partial charge in [0.1, 0.15) is 0 Å². The molecule has 1 heterocycles. The highest BCUT2D eigenvalue weighted by Crippen LogP contribution is 2.36. The Morgan fingerprint density at radius 1 is 1.12 bits per heavy atom. The standard InChI is InChI=1S/C13H10F6N4O2/c14-12(15,16)7-1-6(2-8(3-7)13(17,18)19)11(24)21-9-4-25-5-10(9)22-23-20/h1-3,9-10H,4-5H2,(H,21,24)/t9-,10-/m0/s1. The molecule has 1 aromatic rings. The molecule has 1 aromatic carbocycles. The zero-order chi connectivity index (χ0) is 18.8. The first kappa shape index (κ1) is 18.9. The Labute approximate surface area is 136 Å². The Balaban J connectivity index is 2.34. The monoisotopic (exact) mass is 368 g/mol. The van der Waals surface area contributed by atoms with Gasteiger partial charge in [-0.25, -0.2) is 0 Å². The van der Waals surface area contributed by atoms with Gasteiger partial charge in [0.2, 0.25) is 0 Å². The number of alkyl halides is 6. The maximum Gasteiger partial charge on any atom is 0.416 e. The number of carbonyl (C=O) groups excluding carboxylic acids is 1. The topological polar surface area (TPSA) is 87.1 Å². The summed E-state index contributed by atoms with van der Waals surface area (Å²) in [6.07, 6.45) is -10.1. The van der Waals surface area contributed by atoms with Gasteiger partial charge in [0, 0.05) is 10.5 Å². The van der Waals surface area contributed by atoms with E-state index >= 15 is 0 Å². The molecule has 0 unspecified atom stereocenters. The molecular weight excluding hydrogens is 358 g/mol. The van der Waals surface area contributed by atoms with Crippen LogP contribution in [0.4, 0.5) is 26.3 Å². The highest BCUT2D eigenvalue weighted by Gasteiger charge is 2.38. The maximum atomic E-state index is 12.8. The Kier molecular flexibility index (Phi) is 5.14. The number of ether oxygens (including phenoxy) is 1. The van der Waals surface area contributed by atoms with Gasteiger partial charge in [0.15, 0.2) is 0 Å². The minimum atomic E-state index is -5.06. The Morgan fingerprint density at radius 3 is 2.16 bits per heavy atom. The van der Waals surface area contributed by atoms with Crippen molar-refractivity contribution in [2.75, 3.05) is 13.2 Å². The van der Waals surface area contributed by atoms with E-state index in [1.807, 2.05) is 0 Å². The van der Waals surface area contributed by atoms with Crippen LogP contribution in [-0.2, 0) is 17.1 Å². The first-order chi connectivity index (χ1) is 11.5. The maximum absolute atomic E-state index is 12.8. The average Bonchev–Trinajstić information content (AvgIpc) is 2.92. The van der Waals surface area contributed by atoms with Gasteiger partial charge < -0.3 is 10.1 Å². The van der Waals surface area contributed by atoms with Crippen LogP contribution in [0.2, 0.25) is 0 Å². The van der Waals surface area contributed by atoms with Crippen molar-refractivity contribution in [1.29, 1.82) is 0 Å². The molecule has 1 amide bonds. The minimum absolute atomic E-state index is 0.0224. The highest BCUT2D eigenvalue weighted by atomic mass is 19.4. The second kappa shape index (κ2) is 6.81. The quantitative estimate of drug-likeness (QED) is 0.383. The van der Waals surface area contributed by atoms with E-state index in [2.05, 4.69) is 15.3 Å². The van der Waals surface area contributed by atoms with E-state index in [-0.39, 0.29) is 19.3 Å². The SMILES string of the molecule is [N-]=[N+]=N[C@H]1COC[C@@H]1NC(=O)c1cc(C(F)(F)F)cc(C(F)(F)F)c1. The fourth-order valence-electron chi connectivity index (χ4n) is 2.20. The summed E-state index contributed by atoms with van der Waals surface area (Å²) in [5, 5.41) is 5.57. The van der Waals surface area contributed by atoms with Crippen molar-refractivity contribution in [3.05, 3.63) is 45.3 Å². The first-order valence-corrected chi connectivity index (χ1v) is 6.74. The second-order valence-electron chi connectivity index (χ2n) is 5.18. The Hall–Kier alpha value is -2.46. The van der Waals surface area contributed by atoms with Crippen LogP contribution < -0.4 is 5.32 Å². The second-order valence-corrected chi connectivity index (χ2v) is 5.18. The van der Waals surface area contributed by atoms with Gasteiger partial charge in [0.05, 0.1) is 36.4 Å². The van der Waals surface area contributed by atoms with Crippen molar-refractivity contribution in [3.63, 3.8) is 0 Å². The summed E-state index contributed by atoms with van der Waals surface area (Å²) in [5.74, 6) is -1.16. The van der Waals surface area contributed by atoms with E-state index in [0.717, 1.165) is 0 Å². The largest absolute Gasteiger partial charge is 0.416 e. The van der Waals surface area contributed by atoms with Crippen molar-refractivity contribution in [1.82, 2.24) is 5.32 Å². The van der Waals surface area contributed by atoms with Crippen LogP contribution in [0.5, 0.6) is 0 Å². The van der Waals surface area contributed by atoms with Crippen molar-refractivity contribution in [2.24, 2.45) is 5.11 Å². The van der Waals surface area contributed by atoms with Gasteiger partial charge >= 0.3 is 12.4 Å². The summed E-state index contributed by atoms with van der Waals surface area (Å²) in [7, 11) is 0. The molecule has 25 heavy (non-hydrogen) atoms. The van der Waals surface area contributed by atoms with Gasteiger partial charge in [-0.2, -0.15) is 26.3 Å². The number of rotatable bonds is 3. The average molecular weight is 368 g/mol. The number of azide groups is 1. The van der Waals surface area contributed by atoms with Crippen molar-refractivity contribution >= 4 is 5.91 Å². The molecule has 0 radical (unpaired) electrons. The molecule has 0 bridgehead atoms. The summed E-state index contributed by atoms with van der Waals surface area (Å²) in [5.41, 5.74) is 4.38. The summed E-state index contributed by atoms with van der Waals surface area (Å²) < 4.78 is 81.7.